The van der Waals surface area contributed by atoms with Gasteiger partial charge in [-0.1, -0.05) is 0 Å². The van der Waals surface area contributed by atoms with Gasteiger partial charge >= 0.3 is 0 Å². The highest BCUT2D eigenvalue weighted by Gasteiger charge is 1.99. The van der Waals surface area contributed by atoms with Crippen LogP contribution in [0.25, 0.3) is 0 Å². The van der Waals surface area contributed by atoms with E-state index in [0.717, 1.165) is 0 Å². The minimum Gasteiger partial charge on any atom is -0.393 e. The van der Waals surface area contributed by atoms with Crippen LogP contribution in [-0.4, -0.2) is 24.2 Å². The Balaban J connectivity index is 3.17. The summed E-state index contributed by atoms with van der Waals surface area (Å²) in [6, 6.07) is 0. The van der Waals surface area contributed by atoms with Crippen LogP contribution in [0.5, 0.6) is 0 Å². The minimum atomic E-state index is -0.373. The van der Waals surface area contributed by atoms with E-state index in [4.69, 9.17) is 5.11 Å². The molecule has 0 fully saturated rings. The second-order valence-corrected chi connectivity index (χ2v) is 2.06. The number of aliphatic hydroxyl groups is 1. The molecule has 9 heavy (non-hydrogen) atoms. The maximum absolute atomic E-state index is 10.5. The number of hydrogen-bond donors (Lipinski definition) is 2. The Morgan fingerprint density at radius 3 is 2.67 bits per heavy atom. The van der Waals surface area contributed by atoms with Crippen LogP contribution in [0.1, 0.15) is 19.8 Å². The lowest BCUT2D eigenvalue weighted by Crippen LogP contribution is -2.18. The lowest BCUT2D eigenvalue weighted by molar-refractivity contribution is -0.121. The number of carbonyl (C=O) groups excluding carboxylic acids is 1. The zero-order chi connectivity index (χ0) is 7.28. The van der Waals surface area contributed by atoms with Gasteiger partial charge in [-0.15, -0.1) is 0 Å². The van der Waals surface area contributed by atoms with E-state index in [0.29, 0.717) is 12.8 Å². The summed E-state index contributed by atoms with van der Waals surface area (Å²) in [7, 11) is 1.59. The molecule has 0 spiro atoms. The predicted molar refractivity (Wildman–Crippen MR) is 35.0 cm³/mol. The molecule has 3 heteroatoms. The van der Waals surface area contributed by atoms with Crippen molar-refractivity contribution in [3.8, 4) is 0 Å². The molecule has 0 aliphatic rings. The van der Waals surface area contributed by atoms with E-state index in [1.54, 1.807) is 14.0 Å². The second-order valence-electron chi connectivity index (χ2n) is 2.06. The summed E-state index contributed by atoms with van der Waals surface area (Å²) in [5, 5.41) is 11.2. The second kappa shape index (κ2) is 4.32. The molecule has 0 aromatic rings. The Morgan fingerprint density at radius 2 is 2.33 bits per heavy atom. The number of nitrogens with one attached hydrogen (secondary N) is 1. The van der Waals surface area contributed by atoms with Crippen LogP contribution in [0.15, 0.2) is 0 Å². The first-order valence-electron chi connectivity index (χ1n) is 3.05. The first-order chi connectivity index (χ1) is 4.16. The molecular formula is C6H13NO2. The van der Waals surface area contributed by atoms with Crippen molar-refractivity contribution >= 4 is 5.91 Å². The number of rotatable bonds is 3. The molecule has 54 valence electrons. The molecule has 1 amide bonds. The van der Waals surface area contributed by atoms with Crippen molar-refractivity contribution in [2.45, 2.75) is 25.9 Å². The predicted octanol–water partition coefficient (Wildman–Crippen LogP) is -0.107. The molecule has 0 saturated carbocycles. The van der Waals surface area contributed by atoms with Gasteiger partial charge in [0.25, 0.3) is 0 Å². The average molecular weight is 131 g/mol. The third-order valence-electron chi connectivity index (χ3n) is 1.07. The van der Waals surface area contributed by atoms with Gasteiger partial charge in [-0.25, -0.2) is 0 Å². The van der Waals surface area contributed by atoms with E-state index in [1.807, 2.05) is 0 Å². The van der Waals surface area contributed by atoms with Gasteiger partial charge in [0, 0.05) is 13.5 Å². The van der Waals surface area contributed by atoms with Crippen molar-refractivity contribution in [3.63, 3.8) is 0 Å². The first-order valence-corrected chi connectivity index (χ1v) is 3.05. The highest BCUT2D eigenvalue weighted by molar-refractivity contribution is 5.75. The maximum atomic E-state index is 10.5. The molecule has 0 heterocycles. The molecule has 3 nitrogen and oxygen atoms in total. The van der Waals surface area contributed by atoms with Gasteiger partial charge in [0.05, 0.1) is 6.10 Å². The first kappa shape index (κ1) is 8.43. The molecule has 0 radical (unpaired) electrons. The average Bonchev–Trinajstić information content (AvgIpc) is 1.83. The summed E-state index contributed by atoms with van der Waals surface area (Å²) >= 11 is 0. The lowest BCUT2D eigenvalue weighted by atomic mass is 10.2. The third-order valence-corrected chi connectivity index (χ3v) is 1.07. The van der Waals surface area contributed by atoms with Crippen molar-refractivity contribution in [1.29, 1.82) is 0 Å². The fourth-order valence-corrected chi connectivity index (χ4v) is 0.465. The SMILES string of the molecule is CNC(=O)CC[C@@H](C)O. The molecule has 0 rings (SSSR count). The van der Waals surface area contributed by atoms with Crippen LogP contribution in [-0.2, 0) is 4.79 Å². The molecule has 0 aromatic carbocycles. The van der Waals surface area contributed by atoms with Gasteiger partial charge < -0.3 is 10.4 Å². The summed E-state index contributed by atoms with van der Waals surface area (Å²) in [5.41, 5.74) is 0. The smallest absolute Gasteiger partial charge is 0.219 e. The largest absolute Gasteiger partial charge is 0.393 e. The minimum absolute atomic E-state index is 0.0177. The summed E-state index contributed by atoms with van der Waals surface area (Å²) < 4.78 is 0. The van der Waals surface area contributed by atoms with E-state index in [9.17, 15) is 4.79 Å². The van der Waals surface area contributed by atoms with Gasteiger partial charge in [-0.3, -0.25) is 4.79 Å². The van der Waals surface area contributed by atoms with Gasteiger partial charge in [-0.2, -0.15) is 0 Å². The van der Waals surface area contributed by atoms with Crippen LogP contribution >= 0.6 is 0 Å². The Labute approximate surface area is 55.1 Å². The highest BCUT2D eigenvalue weighted by Crippen LogP contribution is 1.93. The Morgan fingerprint density at radius 1 is 1.78 bits per heavy atom. The van der Waals surface area contributed by atoms with Crippen molar-refractivity contribution in [3.05, 3.63) is 0 Å². The monoisotopic (exact) mass is 131 g/mol. The molecule has 0 aromatic heterocycles. The third kappa shape index (κ3) is 5.30. The van der Waals surface area contributed by atoms with Crippen molar-refractivity contribution < 1.29 is 9.90 Å². The molecule has 2 N–H and O–H groups in total. The summed E-state index contributed by atoms with van der Waals surface area (Å²) in [6.45, 7) is 1.67. The number of amides is 1. The van der Waals surface area contributed by atoms with E-state index in [-0.39, 0.29) is 12.0 Å². The molecule has 0 bridgehead atoms. The van der Waals surface area contributed by atoms with Crippen molar-refractivity contribution in [2.75, 3.05) is 7.05 Å². The molecule has 0 aliphatic heterocycles. The Hall–Kier alpha value is -0.570. The van der Waals surface area contributed by atoms with Crippen LogP contribution in [0.3, 0.4) is 0 Å². The fourth-order valence-electron chi connectivity index (χ4n) is 0.465. The van der Waals surface area contributed by atoms with E-state index >= 15 is 0 Å². The number of aliphatic hydroxyl groups excluding tert-OH is 1. The summed E-state index contributed by atoms with van der Waals surface area (Å²) in [6.07, 6.45) is 0.579. The van der Waals surface area contributed by atoms with Crippen LogP contribution in [0.2, 0.25) is 0 Å². The molecule has 0 unspecified atom stereocenters. The molecule has 1 atom stereocenters. The van der Waals surface area contributed by atoms with Gasteiger partial charge in [0.1, 0.15) is 0 Å². The van der Waals surface area contributed by atoms with Crippen molar-refractivity contribution in [2.24, 2.45) is 0 Å². The Bertz CT molecular complexity index is 91.1. The lowest BCUT2D eigenvalue weighted by Gasteiger charge is -2.00. The summed E-state index contributed by atoms with van der Waals surface area (Å²) in [5.74, 6) is -0.0177. The topological polar surface area (TPSA) is 49.3 Å². The van der Waals surface area contributed by atoms with Gasteiger partial charge in [-0.05, 0) is 13.3 Å². The van der Waals surface area contributed by atoms with Crippen molar-refractivity contribution in [1.82, 2.24) is 5.32 Å². The quantitative estimate of drug-likeness (QED) is 0.561. The number of hydrogen-bond acceptors (Lipinski definition) is 2. The Kier molecular flexibility index (Phi) is 4.05. The molecule has 0 aliphatic carbocycles. The van der Waals surface area contributed by atoms with E-state index < -0.39 is 0 Å². The zero-order valence-corrected chi connectivity index (χ0v) is 5.85. The summed E-state index contributed by atoms with van der Waals surface area (Å²) in [4.78, 5) is 10.5. The maximum Gasteiger partial charge on any atom is 0.219 e. The van der Waals surface area contributed by atoms with Gasteiger partial charge in [0.15, 0.2) is 0 Å². The van der Waals surface area contributed by atoms with Crippen LogP contribution in [0.4, 0.5) is 0 Å². The van der Waals surface area contributed by atoms with Crippen LogP contribution in [0, 0.1) is 0 Å². The fraction of sp³-hybridized carbons (Fsp3) is 0.833. The van der Waals surface area contributed by atoms with Gasteiger partial charge in [0.2, 0.25) is 5.91 Å². The normalized spacial score (nSPS) is 12.8. The molecular weight excluding hydrogens is 118 g/mol. The molecule has 0 saturated heterocycles. The van der Waals surface area contributed by atoms with Crippen LogP contribution < -0.4 is 5.32 Å². The standard InChI is InChI=1S/C6H13NO2/c1-5(8)3-4-6(9)7-2/h5,8H,3-4H2,1-2H3,(H,7,9)/t5-/m1/s1. The number of carbonyl (C=O) groups is 1. The zero-order valence-electron chi connectivity index (χ0n) is 5.85. The van der Waals surface area contributed by atoms with E-state index in [1.165, 1.54) is 0 Å². The highest BCUT2D eigenvalue weighted by atomic mass is 16.3. The van der Waals surface area contributed by atoms with E-state index in [2.05, 4.69) is 5.32 Å².